The number of nitrogens with one attached hydrogen (secondary N) is 1. The summed E-state index contributed by atoms with van der Waals surface area (Å²) in [6.07, 6.45) is 10.8. The number of hydrogen-bond donors (Lipinski definition) is 1. The lowest BCUT2D eigenvalue weighted by atomic mass is 10.0. The van der Waals surface area contributed by atoms with Crippen LogP contribution < -0.4 is 4.72 Å². The molecule has 0 amide bonds. The van der Waals surface area contributed by atoms with Gasteiger partial charge in [-0.25, -0.2) is 17.9 Å². The first kappa shape index (κ1) is 25.3. The third-order valence-corrected chi connectivity index (χ3v) is 7.13. The molecular weight excluding hydrogens is 418 g/mol. The molecule has 7 nitrogen and oxygen atoms in total. The Kier molecular flexibility index (Phi) is 11.0. The number of rotatable bonds is 4. The molecule has 1 fully saturated rings. The van der Waals surface area contributed by atoms with Gasteiger partial charge in [-0.2, -0.15) is 0 Å². The van der Waals surface area contributed by atoms with Gasteiger partial charge < -0.3 is 9.47 Å². The summed E-state index contributed by atoms with van der Waals surface area (Å²) in [6.45, 7) is 0.288. The smallest absolute Gasteiger partial charge is 0.339 e. The van der Waals surface area contributed by atoms with E-state index < -0.39 is 16.0 Å². The number of carbonyl (C=O) groups is 2. The number of benzene rings is 1. The van der Waals surface area contributed by atoms with Crippen molar-refractivity contribution in [1.29, 1.82) is 0 Å². The average Bonchev–Trinajstić information content (AvgIpc) is 2.76. The fourth-order valence-electron chi connectivity index (χ4n) is 3.83. The molecule has 1 heterocycles. The van der Waals surface area contributed by atoms with Crippen molar-refractivity contribution >= 4 is 22.0 Å². The summed E-state index contributed by atoms with van der Waals surface area (Å²) in [7, 11) is -2.68. The van der Waals surface area contributed by atoms with E-state index in [2.05, 4.69) is 4.72 Å². The maximum absolute atomic E-state index is 13.0. The molecule has 0 aromatic heterocycles. The zero-order chi connectivity index (χ0) is 22.5. The van der Waals surface area contributed by atoms with Gasteiger partial charge in [-0.3, -0.25) is 4.79 Å². The molecule has 0 spiro atoms. The lowest BCUT2D eigenvalue weighted by molar-refractivity contribution is -0.143. The summed E-state index contributed by atoms with van der Waals surface area (Å²) < 4.78 is 38.9. The van der Waals surface area contributed by atoms with Crippen LogP contribution in [-0.4, -0.2) is 40.1 Å². The number of sulfonamides is 1. The van der Waals surface area contributed by atoms with E-state index in [9.17, 15) is 18.0 Å². The van der Waals surface area contributed by atoms with Crippen molar-refractivity contribution in [2.45, 2.75) is 88.0 Å². The van der Waals surface area contributed by atoms with Crippen LogP contribution in [0.2, 0.25) is 0 Å². The van der Waals surface area contributed by atoms with E-state index in [0.29, 0.717) is 25.7 Å². The minimum absolute atomic E-state index is 0.0136. The normalized spacial score (nSPS) is 20.5. The average molecular weight is 454 g/mol. The van der Waals surface area contributed by atoms with E-state index in [0.717, 1.165) is 51.4 Å². The summed E-state index contributed by atoms with van der Waals surface area (Å²) in [5.74, 6) is -0.873. The molecule has 1 atom stereocenters. The van der Waals surface area contributed by atoms with Crippen molar-refractivity contribution in [3.63, 3.8) is 0 Å². The molecule has 0 aliphatic carbocycles. The molecule has 2 rings (SSSR count). The summed E-state index contributed by atoms with van der Waals surface area (Å²) in [5.41, 5.74) is 0.0136. The van der Waals surface area contributed by atoms with Crippen LogP contribution in [0.25, 0.3) is 0 Å². The molecule has 8 heteroatoms. The highest BCUT2D eigenvalue weighted by Crippen LogP contribution is 2.20. The maximum Gasteiger partial charge on any atom is 0.339 e. The lowest BCUT2D eigenvalue weighted by Gasteiger charge is -2.20. The summed E-state index contributed by atoms with van der Waals surface area (Å²) in [6, 6.07) is 5.75. The Bertz CT molecular complexity index is 808. The number of ether oxygens (including phenoxy) is 2. The van der Waals surface area contributed by atoms with Crippen molar-refractivity contribution in [3.05, 3.63) is 29.8 Å². The number of cyclic esters (lactones) is 1. The van der Waals surface area contributed by atoms with Crippen molar-refractivity contribution in [2.24, 2.45) is 0 Å². The van der Waals surface area contributed by atoms with Gasteiger partial charge in [0.2, 0.25) is 10.0 Å². The van der Waals surface area contributed by atoms with Gasteiger partial charge in [0.15, 0.2) is 0 Å². The molecular formula is C23H35NO6S. The van der Waals surface area contributed by atoms with Crippen molar-refractivity contribution in [2.75, 3.05) is 13.7 Å². The van der Waals surface area contributed by atoms with E-state index in [1.54, 1.807) is 12.1 Å². The Hall–Kier alpha value is -1.93. The summed E-state index contributed by atoms with van der Waals surface area (Å²) in [4.78, 5) is 23.7. The Morgan fingerprint density at radius 3 is 2.29 bits per heavy atom. The second-order valence-electron chi connectivity index (χ2n) is 8.04. The van der Waals surface area contributed by atoms with Crippen LogP contribution in [0, 0.1) is 0 Å². The fraction of sp³-hybridized carbons (Fsp3) is 0.652. The van der Waals surface area contributed by atoms with Gasteiger partial charge in [0.1, 0.15) is 0 Å². The van der Waals surface area contributed by atoms with Gasteiger partial charge >= 0.3 is 11.9 Å². The highest BCUT2D eigenvalue weighted by Gasteiger charge is 2.25. The van der Waals surface area contributed by atoms with E-state index >= 15 is 0 Å². The molecule has 1 aromatic carbocycles. The van der Waals surface area contributed by atoms with Crippen LogP contribution in [0.15, 0.2) is 29.2 Å². The summed E-state index contributed by atoms with van der Waals surface area (Å²) in [5, 5.41) is 0. The topological polar surface area (TPSA) is 98.8 Å². The number of carbonyl (C=O) groups excluding carboxylic acids is 2. The van der Waals surface area contributed by atoms with E-state index in [1.807, 2.05) is 0 Å². The molecule has 174 valence electrons. The first-order valence-corrected chi connectivity index (χ1v) is 12.8. The van der Waals surface area contributed by atoms with Gasteiger partial charge in [-0.1, -0.05) is 57.1 Å². The minimum atomic E-state index is -3.90. The van der Waals surface area contributed by atoms with Gasteiger partial charge in [0, 0.05) is 12.5 Å². The van der Waals surface area contributed by atoms with Crippen molar-refractivity contribution < 1.29 is 27.5 Å². The molecule has 1 aliphatic heterocycles. The van der Waals surface area contributed by atoms with Crippen LogP contribution in [0.1, 0.15) is 87.4 Å². The van der Waals surface area contributed by atoms with Crippen LogP contribution in [-0.2, 0) is 24.3 Å². The molecule has 1 aromatic rings. The Morgan fingerprint density at radius 2 is 1.58 bits per heavy atom. The molecule has 1 N–H and O–H groups in total. The maximum atomic E-state index is 13.0. The largest absolute Gasteiger partial charge is 0.466 e. The van der Waals surface area contributed by atoms with E-state index in [1.165, 1.54) is 19.2 Å². The number of hydrogen-bond acceptors (Lipinski definition) is 6. The zero-order valence-electron chi connectivity index (χ0n) is 18.4. The zero-order valence-corrected chi connectivity index (χ0v) is 19.3. The van der Waals surface area contributed by atoms with E-state index in [-0.39, 0.29) is 29.1 Å². The molecule has 31 heavy (non-hydrogen) atoms. The van der Waals surface area contributed by atoms with Crippen molar-refractivity contribution in [1.82, 2.24) is 4.72 Å². The molecule has 1 saturated heterocycles. The minimum Gasteiger partial charge on any atom is -0.466 e. The van der Waals surface area contributed by atoms with Gasteiger partial charge in [0.05, 0.1) is 24.2 Å². The first-order chi connectivity index (χ1) is 14.9. The van der Waals surface area contributed by atoms with Crippen LogP contribution in [0.5, 0.6) is 0 Å². The van der Waals surface area contributed by atoms with Crippen LogP contribution in [0.3, 0.4) is 0 Å². The predicted octanol–water partition coefficient (Wildman–Crippen LogP) is 4.36. The van der Waals surface area contributed by atoms with Gasteiger partial charge in [-0.05, 0) is 37.8 Å². The first-order valence-electron chi connectivity index (χ1n) is 11.3. The SMILES string of the molecule is COC(=O)c1ccccc1S(=O)(=O)NC1CCCCCCCCCCC(=O)OCCC1. The highest BCUT2D eigenvalue weighted by atomic mass is 32.2. The highest BCUT2D eigenvalue weighted by molar-refractivity contribution is 7.89. The third kappa shape index (κ3) is 8.99. The predicted molar refractivity (Wildman–Crippen MR) is 118 cm³/mol. The monoisotopic (exact) mass is 453 g/mol. The lowest BCUT2D eigenvalue weighted by Crippen LogP contribution is -2.36. The van der Waals surface area contributed by atoms with Crippen LogP contribution in [0.4, 0.5) is 0 Å². The molecule has 0 saturated carbocycles. The number of esters is 2. The molecule has 0 bridgehead atoms. The van der Waals surface area contributed by atoms with Crippen molar-refractivity contribution in [3.8, 4) is 0 Å². The van der Waals surface area contributed by atoms with E-state index in [4.69, 9.17) is 9.47 Å². The van der Waals surface area contributed by atoms with Crippen LogP contribution >= 0.6 is 0 Å². The fourth-order valence-corrected chi connectivity index (χ4v) is 5.33. The molecule has 1 unspecified atom stereocenters. The number of methoxy groups -OCH3 is 1. The van der Waals surface area contributed by atoms with Gasteiger partial charge in [0.25, 0.3) is 0 Å². The second-order valence-corrected chi connectivity index (χ2v) is 9.72. The third-order valence-electron chi connectivity index (χ3n) is 5.55. The Morgan fingerprint density at radius 1 is 0.968 bits per heavy atom. The Balaban J connectivity index is 2.06. The molecule has 1 aliphatic rings. The second kappa shape index (κ2) is 13.5. The summed E-state index contributed by atoms with van der Waals surface area (Å²) >= 11 is 0. The quantitative estimate of drug-likeness (QED) is 0.680. The van der Waals surface area contributed by atoms with Gasteiger partial charge in [-0.15, -0.1) is 0 Å². The molecule has 0 radical (unpaired) electrons. The Labute approximate surface area is 185 Å². The standard InChI is InChI=1S/C23H35NO6S/c1-29-23(26)20-15-10-11-16-21(20)31(27,28)24-19-13-8-6-4-2-3-5-7-9-17-22(25)30-18-12-14-19/h10-11,15-16,19,24H,2-9,12-14,17-18H2,1H3.